The number of benzene rings is 1. The third-order valence-electron chi connectivity index (χ3n) is 6.62. The molecule has 9 heteroatoms. The highest BCUT2D eigenvalue weighted by atomic mass is 19.1. The number of piperazine rings is 1. The van der Waals surface area contributed by atoms with Crippen molar-refractivity contribution in [2.45, 2.75) is 32.1 Å². The first-order valence-corrected chi connectivity index (χ1v) is 11.5. The van der Waals surface area contributed by atoms with Crippen LogP contribution in [0.1, 0.15) is 32.1 Å². The number of imide groups is 1. The van der Waals surface area contributed by atoms with Crippen LogP contribution in [0, 0.1) is 11.7 Å². The Bertz CT molecular complexity index is 1150. The number of aromatic nitrogens is 3. The van der Waals surface area contributed by atoms with Crippen molar-refractivity contribution in [1.29, 1.82) is 0 Å². The van der Waals surface area contributed by atoms with Crippen LogP contribution in [0.4, 0.5) is 15.0 Å². The van der Waals surface area contributed by atoms with E-state index in [0.29, 0.717) is 44.2 Å². The zero-order valence-electron chi connectivity index (χ0n) is 18.4. The van der Waals surface area contributed by atoms with Crippen LogP contribution in [0.5, 0.6) is 0 Å². The lowest BCUT2D eigenvalue weighted by Crippen LogP contribution is -2.53. The molecular formula is C24H27FN6O2. The topological polar surface area (TPSA) is 94.2 Å². The Morgan fingerprint density at radius 3 is 2.52 bits per heavy atom. The van der Waals surface area contributed by atoms with Crippen molar-refractivity contribution in [2.24, 2.45) is 5.92 Å². The van der Waals surface area contributed by atoms with Crippen LogP contribution >= 0.6 is 0 Å². The monoisotopic (exact) mass is 450 g/mol. The molecule has 2 N–H and O–H groups in total. The number of carbonyl (C=O) groups excluding carboxylic acids is 2. The van der Waals surface area contributed by atoms with Crippen molar-refractivity contribution >= 4 is 28.8 Å². The molecule has 2 fully saturated rings. The number of rotatable bonds is 4. The van der Waals surface area contributed by atoms with Gasteiger partial charge in [-0.2, -0.15) is 0 Å². The first-order chi connectivity index (χ1) is 16.1. The Hall–Kier alpha value is -3.49. The van der Waals surface area contributed by atoms with E-state index < -0.39 is 0 Å². The van der Waals surface area contributed by atoms with Gasteiger partial charge in [-0.05, 0) is 54.7 Å². The maximum absolute atomic E-state index is 13.3. The molecule has 3 heterocycles. The van der Waals surface area contributed by atoms with Crippen LogP contribution in [0.15, 0.2) is 36.7 Å². The quantitative estimate of drug-likeness (QED) is 0.632. The summed E-state index contributed by atoms with van der Waals surface area (Å²) in [6, 6.07) is 7.95. The van der Waals surface area contributed by atoms with Crippen LogP contribution in [-0.2, 0) is 4.79 Å². The summed E-state index contributed by atoms with van der Waals surface area (Å²) in [5.41, 5.74) is 2.41. The van der Waals surface area contributed by atoms with Gasteiger partial charge >= 0.3 is 6.03 Å². The third kappa shape index (κ3) is 4.67. The minimum Gasteiger partial charge on any atom is -0.352 e. The van der Waals surface area contributed by atoms with Gasteiger partial charge in [0.25, 0.3) is 0 Å². The molecule has 3 aromatic rings. The number of aromatic amines is 1. The summed E-state index contributed by atoms with van der Waals surface area (Å²) in [5.74, 6) is 0.753. The molecule has 1 aliphatic heterocycles. The number of carbonyl (C=O) groups is 2. The summed E-state index contributed by atoms with van der Waals surface area (Å²) in [4.78, 5) is 40.7. The van der Waals surface area contributed by atoms with Crippen LogP contribution in [-0.4, -0.2) is 58.0 Å². The highest BCUT2D eigenvalue weighted by Crippen LogP contribution is 2.30. The number of hydrogen-bond donors (Lipinski definition) is 2. The van der Waals surface area contributed by atoms with Crippen molar-refractivity contribution in [2.75, 3.05) is 31.1 Å². The summed E-state index contributed by atoms with van der Waals surface area (Å²) in [5, 5.41) is 3.43. The summed E-state index contributed by atoms with van der Waals surface area (Å²) >= 11 is 0. The molecule has 2 aromatic heterocycles. The lowest BCUT2D eigenvalue weighted by Gasteiger charge is -2.35. The van der Waals surface area contributed by atoms with Crippen LogP contribution < -0.4 is 10.2 Å². The highest BCUT2D eigenvalue weighted by molar-refractivity contribution is 5.95. The van der Waals surface area contributed by atoms with E-state index in [1.807, 2.05) is 6.07 Å². The summed E-state index contributed by atoms with van der Waals surface area (Å²) in [6.45, 7) is 2.22. The van der Waals surface area contributed by atoms with Crippen LogP contribution in [0.25, 0.3) is 22.3 Å². The SMILES string of the molecule is O=C(CC1CCCC1)NC(=O)N1CCN(c2ncnc3[nH]c(-c4ccc(F)cc4)cc23)CC1. The van der Waals surface area contributed by atoms with E-state index in [2.05, 4.69) is 25.2 Å². The van der Waals surface area contributed by atoms with E-state index in [4.69, 9.17) is 0 Å². The predicted octanol–water partition coefficient (Wildman–Crippen LogP) is 3.70. The third-order valence-corrected chi connectivity index (χ3v) is 6.62. The molecule has 1 saturated carbocycles. The molecule has 1 aromatic carbocycles. The molecule has 3 amide bonds. The van der Waals surface area contributed by atoms with E-state index >= 15 is 0 Å². The molecule has 172 valence electrons. The second kappa shape index (κ2) is 9.17. The van der Waals surface area contributed by atoms with Crippen molar-refractivity contribution in [3.63, 3.8) is 0 Å². The zero-order valence-corrected chi connectivity index (χ0v) is 18.4. The zero-order chi connectivity index (χ0) is 22.8. The first kappa shape index (κ1) is 21.4. The average molecular weight is 451 g/mol. The first-order valence-electron chi connectivity index (χ1n) is 11.5. The van der Waals surface area contributed by atoms with Gasteiger partial charge in [0.15, 0.2) is 0 Å². The Labute approximate surface area is 191 Å². The van der Waals surface area contributed by atoms with Gasteiger partial charge in [-0.25, -0.2) is 19.2 Å². The molecular weight excluding hydrogens is 423 g/mol. The molecule has 0 atom stereocenters. The largest absolute Gasteiger partial charge is 0.352 e. The predicted molar refractivity (Wildman–Crippen MR) is 123 cm³/mol. The van der Waals surface area contributed by atoms with Crippen molar-refractivity contribution in [1.82, 2.24) is 25.2 Å². The number of urea groups is 1. The van der Waals surface area contributed by atoms with Gasteiger partial charge in [-0.15, -0.1) is 0 Å². The van der Waals surface area contributed by atoms with Crippen molar-refractivity contribution in [3.05, 3.63) is 42.5 Å². The lowest BCUT2D eigenvalue weighted by molar-refractivity contribution is -0.121. The highest BCUT2D eigenvalue weighted by Gasteiger charge is 2.26. The maximum Gasteiger partial charge on any atom is 0.324 e. The fourth-order valence-electron chi connectivity index (χ4n) is 4.81. The number of nitrogens with one attached hydrogen (secondary N) is 2. The maximum atomic E-state index is 13.3. The fourth-order valence-corrected chi connectivity index (χ4v) is 4.81. The smallest absolute Gasteiger partial charge is 0.324 e. The molecule has 0 radical (unpaired) electrons. The van der Waals surface area contributed by atoms with E-state index in [0.717, 1.165) is 35.3 Å². The Morgan fingerprint density at radius 2 is 1.79 bits per heavy atom. The van der Waals surface area contributed by atoms with Gasteiger partial charge < -0.3 is 14.8 Å². The van der Waals surface area contributed by atoms with Gasteiger partial charge in [0.2, 0.25) is 5.91 Å². The van der Waals surface area contributed by atoms with E-state index in [1.54, 1.807) is 17.0 Å². The number of hydrogen-bond acceptors (Lipinski definition) is 5. The average Bonchev–Trinajstić information content (AvgIpc) is 3.49. The Kier molecular flexibility index (Phi) is 5.93. The molecule has 33 heavy (non-hydrogen) atoms. The molecule has 8 nitrogen and oxygen atoms in total. The van der Waals surface area contributed by atoms with E-state index in [9.17, 15) is 14.0 Å². The normalized spacial score (nSPS) is 17.0. The molecule has 2 aliphatic rings. The molecule has 0 bridgehead atoms. The van der Waals surface area contributed by atoms with Gasteiger partial charge in [0.05, 0.1) is 5.39 Å². The number of amides is 3. The second-order valence-electron chi connectivity index (χ2n) is 8.83. The van der Waals surface area contributed by atoms with Gasteiger partial charge in [-0.3, -0.25) is 10.1 Å². The Balaban J connectivity index is 1.23. The van der Waals surface area contributed by atoms with Gasteiger partial charge in [-0.1, -0.05) is 12.8 Å². The number of nitrogens with zero attached hydrogens (tertiary/aromatic N) is 4. The second-order valence-corrected chi connectivity index (χ2v) is 8.83. The Morgan fingerprint density at radius 1 is 1.06 bits per heavy atom. The van der Waals surface area contributed by atoms with Crippen LogP contribution in [0.2, 0.25) is 0 Å². The van der Waals surface area contributed by atoms with Crippen molar-refractivity contribution in [3.8, 4) is 11.3 Å². The molecule has 1 saturated heterocycles. The summed E-state index contributed by atoms with van der Waals surface area (Å²) < 4.78 is 13.3. The van der Waals surface area contributed by atoms with Crippen molar-refractivity contribution < 1.29 is 14.0 Å². The van der Waals surface area contributed by atoms with E-state index in [1.165, 1.54) is 31.3 Å². The lowest BCUT2D eigenvalue weighted by atomic mass is 10.0. The standard InChI is InChI=1S/C24H27FN6O2/c25-18-7-5-17(6-8-18)20-14-19-22(28-20)26-15-27-23(19)30-9-11-31(12-10-30)24(33)29-21(32)13-16-3-1-2-4-16/h5-8,14-16H,1-4,9-13H2,(H,26,27,28)(H,29,32,33). The number of H-pyrrole nitrogens is 1. The minimum absolute atomic E-state index is 0.174. The minimum atomic E-state index is -0.314. The molecule has 0 unspecified atom stereocenters. The molecule has 1 aliphatic carbocycles. The number of anilines is 1. The molecule has 0 spiro atoms. The van der Waals surface area contributed by atoms with E-state index in [-0.39, 0.29) is 17.8 Å². The van der Waals surface area contributed by atoms with Crippen LogP contribution in [0.3, 0.4) is 0 Å². The number of halogens is 1. The fraction of sp³-hybridized carbons (Fsp3) is 0.417. The van der Waals surface area contributed by atoms with Gasteiger partial charge in [0.1, 0.15) is 23.6 Å². The summed E-state index contributed by atoms with van der Waals surface area (Å²) in [7, 11) is 0. The number of fused-ring (bicyclic) bond motifs is 1. The summed E-state index contributed by atoms with van der Waals surface area (Å²) in [6.07, 6.45) is 6.47. The molecule has 5 rings (SSSR count). The van der Waals surface area contributed by atoms with Gasteiger partial charge in [0, 0.05) is 38.3 Å².